The van der Waals surface area contributed by atoms with Crippen molar-refractivity contribution in [2.45, 2.75) is 13.0 Å². The van der Waals surface area contributed by atoms with E-state index in [9.17, 15) is 0 Å². The lowest BCUT2D eigenvalue weighted by Crippen LogP contribution is -2.46. The maximum absolute atomic E-state index is 9.10. The van der Waals surface area contributed by atoms with E-state index in [0.29, 0.717) is 22.4 Å². The van der Waals surface area contributed by atoms with Gasteiger partial charge in [-0.05, 0) is 24.1 Å². The summed E-state index contributed by atoms with van der Waals surface area (Å²) in [6.07, 6.45) is 0.972. The average Bonchev–Trinajstić information content (AvgIpc) is 2.75. The molecule has 0 aromatic heterocycles. The lowest BCUT2D eigenvalue weighted by Gasteiger charge is -2.34. The van der Waals surface area contributed by atoms with E-state index in [4.69, 9.17) is 47.7 Å². The second-order valence-electron chi connectivity index (χ2n) is 6.97. The van der Waals surface area contributed by atoms with Gasteiger partial charge in [-0.3, -0.25) is 4.90 Å². The number of para-hydroxylation sites is 1. The summed E-state index contributed by atoms with van der Waals surface area (Å²) in [5.41, 5.74) is 1.39. The minimum Gasteiger partial charge on any atom is -0.490 e. The number of benzene rings is 2. The van der Waals surface area contributed by atoms with Crippen molar-refractivity contribution < 1.29 is 24.5 Å². The number of carboxylic acids is 2. The van der Waals surface area contributed by atoms with Crippen molar-refractivity contribution in [3.63, 3.8) is 0 Å². The second kappa shape index (κ2) is 13.2. The van der Waals surface area contributed by atoms with Crippen LogP contribution in [0.4, 0.5) is 0 Å². The van der Waals surface area contributed by atoms with Crippen LogP contribution < -0.4 is 4.74 Å². The van der Waals surface area contributed by atoms with E-state index in [1.165, 1.54) is 5.56 Å². The van der Waals surface area contributed by atoms with Gasteiger partial charge in [-0.15, -0.1) is 0 Å². The number of carboxylic acid groups (broad SMARTS) is 2. The number of aliphatic carboxylic acids is 2. The Morgan fingerprint density at radius 3 is 1.94 bits per heavy atom. The zero-order chi connectivity index (χ0) is 22.6. The maximum atomic E-state index is 9.10. The Hall–Kier alpha value is -2.32. The molecule has 1 fully saturated rings. The molecule has 3 rings (SSSR count). The summed E-state index contributed by atoms with van der Waals surface area (Å²) in [5.74, 6) is -3.05. The minimum absolute atomic E-state index is 0.571. The molecule has 1 aliphatic rings. The number of hydrogen-bond acceptors (Lipinski definition) is 5. The van der Waals surface area contributed by atoms with Gasteiger partial charge < -0.3 is 19.8 Å². The fraction of sp³-hybridized carbons (Fsp3) is 0.364. The van der Waals surface area contributed by atoms with Crippen molar-refractivity contribution in [3.05, 3.63) is 64.1 Å². The number of hydrogen-bond donors (Lipinski definition) is 2. The lowest BCUT2D eigenvalue weighted by molar-refractivity contribution is -0.159. The molecular weight excluding hydrogens is 443 g/mol. The van der Waals surface area contributed by atoms with Gasteiger partial charge in [-0.25, -0.2) is 9.59 Å². The predicted octanol–water partition coefficient (Wildman–Crippen LogP) is 3.74. The fourth-order valence-electron chi connectivity index (χ4n) is 3.10. The van der Waals surface area contributed by atoms with Gasteiger partial charge in [0, 0.05) is 39.3 Å². The molecule has 0 saturated carbocycles. The second-order valence-corrected chi connectivity index (χ2v) is 7.78. The molecule has 0 atom stereocenters. The molecule has 31 heavy (non-hydrogen) atoms. The van der Waals surface area contributed by atoms with Crippen LogP contribution in [0.5, 0.6) is 5.75 Å². The topological polar surface area (TPSA) is 90.3 Å². The van der Waals surface area contributed by atoms with E-state index in [1.54, 1.807) is 12.1 Å². The van der Waals surface area contributed by atoms with Crippen LogP contribution in [0.15, 0.2) is 48.5 Å². The quantitative estimate of drug-likeness (QED) is 0.472. The van der Waals surface area contributed by atoms with E-state index in [2.05, 4.69) is 40.1 Å². The first-order valence-electron chi connectivity index (χ1n) is 9.88. The van der Waals surface area contributed by atoms with Gasteiger partial charge in [0.15, 0.2) is 5.75 Å². The van der Waals surface area contributed by atoms with E-state index >= 15 is 0 Å². The van der Waals surface area contributed by atoms with Crippen molar-refractivity contribution in [1.29, 1.82) is 0 Å². The number of carbonyl (C=O) groups is 2. The van der Waals surface area contributed by atoms with Gasteiger partial charge in [0.25, 0.3) is 0 Å². The number of piperazine rings is 1. The summed E-state index contributed by atoms with van der Waals surface area (Å²) >= 11 is 12.2. The minimum atomic E-state index is -1.82. The highest BCUT2D eigenvalue weighted by Gasteiger charge is 2.16. The Kier molecular flexibility index (Phi) is 10.6. The molecular formula is C22H26Cl2N2O5. The summed E-state index contributed by atoms with van der Waals surface area (Å²) in [4.78, 5) is 23.2. The Bertz CT molecular complexity index is 811. The molecule has 0 aliphatic carbocycles. The van der Waals surface area contributed by atoms with Crippen molar-refractivity contribution >= 4 is 35.1 Å². The zero-order valence-electron chi connectivity index (χ0n) is 17.0. The highest BCUT2D eigenvalue weighted by atomic mass is 35.5. The largest absolute Gasteiger partial charge is 0.490 e. The zero-order valence-corrected chi connectivity index (χ0v) is 18.6. The predicted molar refractivity (Wildman–Crippen MR) is 120 cm³/mol. The molecule has 1 heterocycles. The Balaban J connectivity index is 0.000000501. The van der Waals surface area contributed by atoms with Crippen LogP contribution in [-0.2, 0) is 16.1 Å². The van der Waals surface area contributed by atoms with Gasteiger partial charge in [0.05, 0.1) is 16.7 Å². The van der Waals surface area contributed by atoms with Crippen molar-refractivity contribution in [2.24, 2.45) is 0 Å². The molecule has 7 nitrogen and oxygen atoms in total. The van der Waals surface area contributed by atoms with Gasteiger partial charge in [0.2, 0.25) is 0 Å². The third kappa shape index (κ3) is 9.14. The molecule has 0 bridgehead atoms. The van der Waals surface area contributed by atoms with Crippen LogP contribution >= 0.6 is 23.2 Å². The van der Waals surface area contributed by atoms with Gasteiger partial charge >= 0.3 is 11.9 Å². The maximum Gasteiger partial charge on any atom is 0.414 e. The molecule has 2 aromatic carbocycles. The van der Waals surface area contributed by atoms with Crippen molar-refractivity contribution in [2.75, 3.05) is 39.3 Å². The molecule has 1 aliphatic heterocycles. The van der Waals surface area contributed by atoms with Crippen LogP contribution in [0.3, 0.4) is 0 Å². The highest BCUT2D eigenvalue weighted by molar-refractivity contribution is 6.37. The molecule has 0 amide bonds. The van der Waals surface area contributed by atoms with Crippen LogP contribution in [-0.4, -0.2) is 71.3 Å². The summed E-state index contributed by atoms with van der Waals surface area (Å²) in [6.45, 7) is 7.18. The van der Waals surface area contributed by atoms with E-state index in [-0.39, 0.29) is 0 Å². The van der Waals surface area contributed by atoms with E-state index in [0.717, 1.165) is 45.7 Å². The monoisotopic (exact) mass is 468 g/mol. The molecule has 168 valence electrons. The lowest BCUT2D eigenvalue weighted by atomic mass is 10.2. The number of ether oxygens (including phenoxy) is 1. The number of nitrogens with zero attached hydrogens (tertiary/aromatic N) is 2. The first-order chi connectivity index (χ1) is 14.9. The van der Waals surface area contributed by atoms with Crippen LogP contribution in [0, 0.1) is 0 Å². The Morgan fingerprint density at radius 2 is 1.39 bits per heavy atom. The molecule has 0 radical (unpaired) electrons. The van der Waals surface area contributed by atoms with Crippen molar-refractivity contribution in [3.8, 4) is 5.75 Å². The van der Waals surface area contributed by atoms with Gasteiger partial charge in [-0.1, -0.05) is 59.6 Å². The summed E-state index contributed by atoms with van der Waals surface area (Å²) in [5, 5.41) is 15.9. The highest BCUT2D eigenvalue weighted by Crippen LogP contribution is 2.32. The average molecular weight is 469 g/mol. The SMILES string of the molecule is Clc1cccc(Cl)c1OCCCN1CCN(Cc2ccccc2)CC1.O=C(O)C(=O)O. The molecule has 2 aromatic rings. The first kappa shape index (κ1) is 24.9. The van der Waals surface area contributed by atoms with E-state index in [1.807, 2.05) is 6.07 Å². The Labute approximate surface area is 191 Å². The van der Waals surface area contributed by atoms with Crippen molar-refractivity contribution in [1.82, 2.24) is 9.80 Å². The third-order valence-electron chi connectivity index (χ3n) is 4.68. The van der Waals surface area contributed by atoms with E-state index < -0.39 is 11.9 Å². The normalized spacial score (nSPS) is 14.4. The van der Waals surface area contributed by atoms with Crippen LogP contribution in [0.1, 0.15) is 12.0 Å². The van der Waals surface area contributed by atoms with Crippen LogP contribution in [0.25, 0.3) is 0 Å². The fourth-order valence-corrected chi connectivity index (χ4v) is 3.60. The van der Waals surface area contributed by atoms with Gasteiger partial charge in [-0.2, -0.15) is 0 Å². The molecule has 1 saturated heterocycles. The smallest absolute Gasteiger partial charge is 0.414 e. The third-order valence-corrected chi connectivity index (χ3v) is 5.28. The summed E-state index contributed by atoms with van der Waals surface area (Å²) in [6, 6.07) is 16.1. The van der Waals surface area contributed by atoms with Crippen LogP contribution in [0.2, 0.25) is 10.0 Å². The number of rotatable bonds is 7. The molecule has 0 unspecified atom stereocenters. The Morgan fingerprint density at radius 1 is 0.839 bits per heavy atom. The van der Waals surface area contributed by atoms with Gasteiger partial charge in [0.1, 0.15) is 0 Å². The number of halogens is 2. The summed E-state index contributed by atoms with van der Waals surface area (Å²) < 4.78 is 5.76. The molecule has 2 N–H and O–H groups in total. The first-order valence-corrected chi connectivity index (χ1v) is 10.6. The molecule has 0 spiro atoms. The summed E-state index contributed by atoms with van der Waals surface area (Å²) in [7, 11) is 0. The molecule has 9 heteroatoms. The standard InChI is InChI=1S/C20H24Cl2N2O.C2H2O4/c21-18-8-4-9-19(22)20(18)25-15-5-10-23-11-13-24(14-12-23)16-17-6-2-1-3-7-17;3-1(4)2(5)6/h1-4,6-9H,5,10-16H2;(H,3,4)(H,5,6).